The Labute approximate surface area is 247 Å². The molecule has 0 spiro atoms. The predicted molar refractivity (Wildman–Crippen MR) is 174 cm³/mol. The van der Waals surface area contributed by atoms with E-state index in [1.807, 2.05) is 24.3 Å². The number of carbonyl (C=O) groups excluding carboxylic acids is 1. The number of ketones is 1. The molecular formula is C38H36N2O2. The average molecular weight is 553 g/mol. The molecule has 3 aliphatic rings. The normalized spacial score (nSPS) is 20.5. The van der Waals surface area contributed by atoms with Crippen LogP contribution in [-0.2, 0) is 15.6 Å². The van der Waals surface area contributed by atoms with E-state index in [0.29, 0.717) is 11.1 Å². The first-order chi connectivity index (χ1) is 20.1. The van der Waals surface area contributed by atoms with Gasteiger partial charge >= 0.3 is 0 Å². The van der Waals surface area contributed by atoms with Gasteiger partial charge < -0.3 is 10.0 Å². The molecule has 0 amide bonds. The zero-order valence-corrected chi connectivity index (χ0v) is 25.0. The quantitative estimate of drug-likeness (QED) is 0.251. The summed E-state index contributed by atoms with van der Waals surface area (Å²) >= 11 is 0. The van der Waals surface area contributed by atoms with Crippen molar-refractivity contribution in [1.82, 2.24) is 0 Å². The molecule has 2 aliphatic heterocycles. The van der Waals surface area contributed by atoms with Gasteiger partial charge in [-0.2, -0.15) is 0 Å². The molecule has 0 atom stereocenters. The Kier molecular flexibility index (Phi) is 5.85. The summed E-state index contributed by atoms with van der Waals surface area (Å²) < 4.78 is 0. The van der Waals surface area contributed by atoms with E-state index in [-0.39, 0.29) is 17.0 Å². The lowest BCUT2D eigenvalue weighted by Crippen LogP contribution is -2.31. The molecule has 2 heterocycles. The van der Waals surface area contributed by atoms with Gasteiger partial charge in [0.25, 0.3) is 0 Å². The molecule has 4 nitrogen and oxygen atoms in total. The number of nitrogens with zero attached hydrogens (tertiary/aromatic N) is 2. The minimum atomic E-state index is -0.398. The monoisotopic (exact) mass is 552 g/mol. The number of carbonyl (C=O) groups is 1. The Morgan fingerprint density at radius 2 is 1.45 bits per heavy atom. The Bertz CT molecular complexity index is 1950. The third-order valence-corrected chi connectivity index (χ3v) is 9.46. The lowest BCUT2D eigenvalue weighted by Gasteiger charge is -2.29. The number of anilines is 1. The zero-order chi connectivity index (χ0) is 29.4. The van der Waals surface area contributed by atoms with E-state index >= 15 is 0 Å². The van der Waals surface area contributed by atoms with Gasteiger partial charge in [0.2, 0.25) is 5.78 Å². The second kappa shape index (κ2) is 9.29. The minimum absolute atomic E-state index is 0.0545. The summed E-state index contributed by atoms with van der Waals surface area (Å²) in [7, 11) is 0. The molecule has 0 saturated carbocycles. The Balaban J connectivity index is 1.29. The lowest BCUT2D eigenvalue weighted by atomic mass is 9.76. The number of aliphatic imine (C=N–C) groups is 1. The summed E-state index contributed by atoms with van der Waals surface area (Å²) in [4.78, 5) is 20.9. The number of fused-ring (bicyclic) bond motifs is 6. The molecule has 42 heavy (non-hydrogen) atoms. The number of benzene rings is 4. The van der Waals surface area contributed by atoms with E-state index in [4.69, 9.17) is 4.99 Å². The third kappa shape index (κ3) is 3.67. The number of rotatable bonds is 5. The van der Waals surface area contributed by atoms with Crippen LogP contribution >= 0.6 is 0 Å². The van der Waals surface area contributed by atoms with E-state index < -0.39 is 5.41 Å². The maximum absolute atomic E-state index is 13.7. The maximum atomic E-state index is 13.7. The molecule has 7 rings (SSSR count). The molecule has 0 radical (unpaired) electrons. The SMILES string of the molecule is CCCCN1/C(=C/C2=C(O)C(=C\C3=Nc4ccc5ccccc5c4C3(C)C)/C2=O)C(C)(C)c2c1ccc1ccccc21. The Morgan fingerprint density at radius 3 is 2.12 bits per heavy atom. The summed E-state index contributed by atoms with van der Waals surface area (Å²) in [5.74, 6) is -0.0785. The maximum Gasteiger partial charge on any atom is 0.200 e. The van der Waals surface area contributed by atoms with Crippen molar-refractivity contribution < 1.29 is 9.90 Å². The number of hydrogen-bond acceptors (Lipinski definition) is 4. The zero-order valence-electron chi connectivity index (χ0n) is 25.0. The smallest absolute Gasteiger partial charge is 0.200 e. The molecule has 1 N–H and O–H groups in total. The van der Waals surface area contributed by atoms with Crippen molar-refractivity contribution in [1.29, 1.82) is 0 Å². The summed E-state index contributed by atoms with van der Waals surface area (Å²) in [6.07, 6.45) is 5.84. The van der Waals surface area contributed by atoms with E-state index in [2.05, 4.69) is 94.1 Å². The second-order valence-corrected chi connectivity index (χ2v) is 12.8. The lowest BCUT2D eigenvalue weighted by molar-refractivity contribution is -0.113. The molecule has 4 heteroatoms. The molecule has 4 aromatic rings. The molecule has 4 aromatic carbocycles. The number of unbranched alkanes of at least 4 members (excludes halogenated alkanes) is 1. The van der Waals surface area contributed by atoms with Crippen LogP contribution in [0, 0.1) is 0 Å². The number of aliphatic hydroxyl groups is 1. The summed E-state index contributed by atoms with van der Waals surface area (Å²) in [6.45, 7) is 11.8. The first-order valence-electron chi connectivity index (χ1n) is 15.0. The number of aliphatic hydroxyl groups excluding tert-OH is 1. The topological polar surface area (TPSA) is 52.9 Å². The number of Topliss-reactive ketones (excluding diaryl/α,β-unsaturated/α-hetero) is 1. The first kappa shape index (κ1) is 26.5. The van der Waals surface area contributed by atoms with Crippen molar-refractivity contribution in [2.24, 2.45) is 4.99 Å². The van der Waals surface area contributed by atoms with Crippen LogP contribution in [0.4, 0.5) is 11.4 Å². The van der Waals surface area contributed by atoms with Crippen LogP contribution in [0.5, 0.6) is 0 Å². The van der Waals surface area contributed by atoms with E-state index in [0.717, 1.165) is 42.0 Å². The number of allylic oxidation sites excluding steroid dienone is 5. The Hall–Kier alpha value is -4.44. The van der Waals surface area contributed by atoms with Gasteiger partial charge in [-0.3, -0.25) is 9.79 Å². The molecule has 0 fully saturated rings. The van der Waals surface area contributed by atoms with Crippen LogP contribution in [-0.4, -0.2) is 23.1 Å². The standard InChI is InChI=1S/C38H36N2O2/c1-6-7-20-40-30-19-17-24-13-9-11-15-26(24)34(30)38(4,5)32(40)22-28-35(41)27(36(28)42)21-31-37(2,3)33-25-14-10-8-12-23(25)16-18-29(33)39-31/h8-19,21-22,41H,6-7,20H2,1-5H3/b27-21+,32-22+. The van der Waals surface area contributed by atoms with Crippen molar-refractivity contribution in [2.75, 3.05) is 11.4 Å². The van der Waals surface area contributed by atoms with Gasteiger partial charge in [0, 0.05) is 28.8 Å². The Morgan fingerprint density at radius 1 is 0.810 bits per heavy atom. The fourth-order valence-electron chi connectivity index (χ4n) is 7.16. The largest absolute Gasteiger partial charge is 0.506 e. The molecule has 0 unspecified atom stereocenters. The van der Waals surface area contributed by atoms with Crippen molar-refractivity contribution in [2.45, 2.75) is 58.3 Å². The highest BCUT2D eigenvalue weighted by molar-refractivity contribution is 6.25. The van der Waals surface area contributed by atoms with Gasteiger partial charge in [-0.15, -0.1) is 0 Å². The van der Waals surface area contributed by atoms with Crippen molar-refractivity contribution in [3.63, 3.8) is 0 Å². The minimum Gasteiger partial charge on any atom is -0.506 e. The highest BCUT2D eigenvalue weighted by atomic mass is 16.3. The van der Waals surface area contributed by atoms with E-state index in [1.165, 1.54) is 32.8 Å². The average Bonchev–Trinajstić information content (AvgIpc) is 3.38. The van der Waals surface area contributed by atoms with Crippen LogP contribution in [0.2, 0.25) is 0 Å². The van der Waals surface area contributed by atoms with E-state index in [9.17, 15) is 9.90 Å². The van der Waals surface area contributed by atoms with Gasteiger partial charge in [-0.1, -0.05) is 102 Å². The molecule has 1 aliphatic carbocycles. The van der Waals surface area contributed by atoms with Crippen LogP contribution in [0.3, 0.4) is 0 Å². The first-order valence-corrected chi connectivity index (χ1v) is 15.0. The molecule has 0 saturated heterocycles. The van der Waals surface area contributed by atoms with Crippen LogP contribution in [0.15, 0.2) is 113 Å². The predicted octanol–water partition coefficient (Wildman–Crippen LogP) is 9.16. The van der Waals surface area contributed by atoms with Gasteiger partial charge in [-0.25, -0.2) is 0 Å². The molecular weight excluding hydrogens is 516 g/mol. The molecule has 210 valence electrons. The van der Waals surface area contributed by atoms with Gasteiger partial charge in [0.15, 0.2) is 0 Å². The second-order valence-electron chi connectivity index (χ2n) is 12.8. The highest BCUT2D eigenvalue weighted by Gasteiger charge is 2.44. The highest BCUT2D eigenvalue weighted by Crippen LogP contribution is 2.52. The van der Waals surface area contributed by atoms with Crippen LogP contribution in [0.1, 0.15) is 58.6 Å². The van der Waals surface area contributed by atoms with Crippen molar-refractivity contribution >= 4 is 44.4 Å². The summed E-state index contributed by atoms with van der Waals surface area (Å²) in [5, 5.41) is 16.1. The number of hydrogen-bond donors (Lipinski definition) is 1. The third-order valence-electron chi connectivity index (χ3n) is 9.46. The molecule has 0 aromatic heterocycles. The van der Waals surface area contributed by atoms with Crippen LogP contribution in [0.25, 0.3) is 21.5 Å². The van der Waals surface area contributed by atoms with Crippen molar-refractivity contribution in [3.8, 4) is 0 Å². The fraction of sp³-hybridized carbons (Fsp3) is 0.263. The van der Waals surface area contributed by atoms with Crippen LogP contribution < -0.4 is 4.90 Å². The fourth-order valence-corrected chi connectivity index (χ4v) is 7.16. The van der Waals surface area contributed by atoms with Gasteiger partial charge in [-0.05, 0) is 63.4 Å². The molecule has 0 bridgehead atoms. The summed E-state index contributed by atoms with van der Waals surface area (Å²) in [6, 6.07) is 25.4. The van der Waals surface area contributed by atoms with Crippen molar-refractivity contribution in [3.05, 3.63) is 119 Å². The van der Waals surface area contributed by atoms with Gasteiger partial charge in [0.05, 0.1) is 22.5 Å². The summed E-state index contributed by atoms with van der Waals surface area (Å²) in [5.41, 5.74) is 6.37. The van der Waals surface area contributed by atoms with E-state index in [1.54, 1.807) is 6.08 Å². The van der Waals surface area contributed by atoms with Gasteiger partial charge in [0.1, 0.15) is 5.76 Å².